The van der Waals surface area contributed by atoms with Gasteiger partial charge in [0.05, 0.1) is 0 Å². The minimum Gasteiger partial charge on any atom is -0.102 e. The van der Waals surface area contributed by atoms with E-state index in [9.17, 15) is 0 Å². The van der Waals surface area contributed by atoms with Crippen molar-refractivity contribution >= 4 is 0 Å². The molecule has 0 aliphatic heterocycles. The molecule has 0 atom stereocenters. The van der Waals surface area contributed by atoms with E-state index in [0.717, 1.165) is 0 Å². The van der Waals surface area contributed by atoms with E-state index < -0.39 is 0 Å². The lowest BCUT2D eigenvalue weighted by Crippen LogP contribution is -1.73. The number of rotatable bonds is 2. The van der Waals surface area contributed by atoms with E-state index in [1.165, 1.54) is 5.92 Å². The van der Waals surface area contributed by atoms with Crippen LogP contribution in [0, 0.1) is 5.92 Å². The third-order valence-corrected chi connectivity index (χ3v) is 0.752. The van der Waals surface area contributed by atoms with Gasteiger partial charge in [0.2, 0.25) is 0 Å². The Kier molecular flexibility index (Phi) is 3.39. The van der Waals surface area contributed by atoms with Crippen LogP contribution < -0.4 is 0 Å². The summed E-state index contributed by atoms with van der Waals surface area (Å²) in [5.74, 6) is 1.21. The van der Waals surface area contributed by atoms with Crippen LogP contribution >= 0.6 is 0 Å². The first-order chi connectivity index (χ1) is 3.31. The van der Waals surface area contributed by atoms with Gasteiger partial charge in [0.15, 0.2) is 0 Å². The Morgan fingerprint density at radius 2 is 2.14 bits per heavy atom. The number of hydrogen-bond donors (Lipinski definition) is 0. The highest BCUT2D eigenvalue weighted by Gasteiger charge is 1.82. The largest absolute Gasteiger partial charge is 0.102 e. The van der Waals surface area contributed by atoms with Gasteiger partial charge in [-0.15, -0.1) is 6.58 Å². The first-order valence-corrected chi connectivity index (χ1v) is 2.40. The lowest BCUT2D eigenvalue weighted by atomic mass is 10.2. The van der Waals surface area contributed by atoms with E-state index in [-0.39, 0.29) is 0 Å². The predicted octanol–water partition coefficient (Wildman–Crippen LogP) is 2.34. The molecule has 0 aromatic carbocycles. The Hall–Kier alpha value is -0.520. The quantitative estimate of drug-likeness (QED) is 0.494. The van der Waals surface area contributed by atoms with Crippen LogP contribution in [0.2, 0.25) is 0 Å². The number of allylic oxidation sites excluding steroid dienone is 3. The zero-order chi connectivity index (χ0) is 5.70. The van der Waals surface area contributed by atoms with E-state index in [2.05, 4.69) is 6.58 Å². The molecule has 0 saturated heterocycles. The molecule has 1 radical (unpaired) electrons. The molecule has 0 unspecified atom stereocenters. The zero-order valence-electron chi connectivity index (χ0n) is 4.94. The van der Waals surface area contributed by atoms with Crippen LogP contribution in [0.4, 0.5) is 0 Å². The molecule has 0 N–H and O–H groups in total. The Morgan fingerprint density at radius 3 is 2.29 bits per heavy atom. The topological polar surface area (TPSA) is 0 Å². The molecule has 0 rings (SSSR count). The molecule has 0 aromatic rings. The summed E-state index contributed by atoms with van der Waals surface area (Å²) in [6.45, 7) is 7.60. The van der Waals surface area contributed by atoms with Crippen LogP contribution in [-0.2, 0) is 0 Å². The van der Waals surface area contributed by atoms with Gasteiger partial charge >= 0.3 is 0 Å². The second-order valence-electron chi connectivity index (χ2n) is 1.45. The summed E-state index contributed by atoms with van der Waals surface area (Å²) >= 11 is 0. The fraction of sp³-hybridized carbons (Fsp3) is 0.286. The van der Waals surface area contributed by atoms with E-state index in [1.54, 1.807) is 0 Å². The lowest BCUT2D eigenvalue weighted by molar-refractivity contribution is 1.33. The van der Waals surface area contributed by atoms with Gasteiger partial charge in [-0.2, -0.15) is 0 Å². The molecular formula is C7H11. The van der Waals surface area contributed by atoms with Gasteiger partial charge in [-0.3, -0.25) is 0 Å². The van der Waals surface area contributed by atoms with Crippen molar-refractivity contribution in [1.82, 2.24) is 0 Å². The maximum absolute atomic E-state index is 3.59. The summed E-state index contributed by atoms with van der Waals surface area (Å²) in [7, 11) is 0. The van der Waals surface area contributed by atoms with E-state index in [0.29, 0.717) is 0 Å². The average molecular weight is 95.2 g/mol. The van der Waals surface area contributed by atoms with Crippen LogP contribution in [0.25, 0.3) is 0 Å². The van der Waals surface area contributed by atoms with Crippen molar-refractivity contribution in [3.05, 3.63) is 30.7 Å². The molecule has 0 amide bonds. The predicted molar refractivity (Wildman–Crippen MR) is 33.9 cm³/mol. The van der Waals surface area contributed by atoms with Crippen molar-refractivity contribution in [3.63, 3.8) is 0 Å². The summed E-state index contributed by atoms with van der Waals surface area (Å²) in [4.78, 5) is 0. The van der Waals surface area contributed by atoms with Gasteiger partial charge in [-0.05, 0) is 6.92 Å². The molecule has 0 aromatic heterocycles. The molecule has 0 spiro atoms. The molecule has 0 aliphatic carbocycles. The summed E-state index contributed by atoms with van der Waals surface area (Å²) in [5.41, 5.74) is 0. The third kappa shape index (κ3) is 3.31. The molecule has 7 heavy (non-hydrogen) atoms. The van der Waals surface area contributed by atoms with Crippen LogP contribution in [0.3, 0.4) is 0 Å². The van der Waals surface area contributed by atoms with Crippen LogP contribution in [0.5, 0.6) is 0 Å². The minimum absolute atomic E-state index is 1.21. The van der Waals surface area contributed by atoms with Gasteiger partial charge in [0.25, 0.3) is 0 Å². The van der Waals surface area contributed by atoms with Gasteiger partial charge < -0.3 is 0 Å². The Labute approximate surface area is 45.5 Å². The highest BCUT2D eigenvalue weighted by Crippen LogP contribution is 1.98. The molecule has 0 saturated carbocycles. The van der Waals surface area contributed by atoms with Gasteiger partial charge in [0.1, 0.15) is 0 Å². The normalized spacial score (nSPS) is 10.7. The highest BCUT2D eigenvalue weighted by molar-refractivity contribution is 5.16. The van der Waals surface area contributed by atoms with Crippen molar-refractivity contribution in [2.75, 3.05) is 0 Å². The lowest BCUT2D eigenvalue weighted by Gasteiger charge is -1.89. The number of hydrogen-bond acceptors (Lipinski definition) is 0. The molecule has 0 heterocycles. The molecule has 0 bridgehead atoms. The van der Waals surface area contributed by atoms with E-state index in [4.69, 9.17) is 0 Å². The molecule has 0 nitrogen and oxygen atoms in total. The van der Waals surface area contributed by atoms with Crippen molar-refractivity contribution in [1.29, 1.82) is 0 Å². The van der Waals surface area contributed by atoms with Crippen LogP contribution in [-0.4, -0.2) is 0 Å². The van der Waals surface area contributed by atoms with Crippen LogP contribution in [0.15, 0.2) is 24.8 Å². The average Bonchev–Trinajstić information content (AvgIpc) is 1.68. The highest BCUT2D eigenvalue weighted by atomic mass is 13.9. The second kappa shape index (κ2) is 3.66. The summed E-state index contributed by atoms with van der Waals surface area (Å²) in [5, 5.41) is 0. The van der Waals surface area contributed by atoms with E-state index in [1.807, 2.05) is 32.1 Å². The molecular weight excluding hydrogens is 84.1 g/mol. The van der Waals surface area contributed by atoms with Gasteiger partial charge in [-0.25, -0.2) is 0 Å². The van der Waals surface area contributed by atoms with Crippen molar-refractivity contribution < 1.29 is 0 Å². The van der Waals surface area contributed by atoms with Gasteiger partial charge in [0, 0.05) is 5.92 Å². The summed E-state index contributed by atoms with van der Waals surface area (Å²) in [6.07, 6.45) is 5.85. The fourth-order valence-corrected chi connectivity index (χ4v) is 0.331. The third-order valence-electron chi connectivity index (χ3n) is 0.752. The van der Waals surface area contributed by atoms with Crippen LogP contribution in [0.1, 0.15) is 13.8 Å². The van der Waals surface area contributed by atoms with E-state index >= 15 is 0 Å². The first-order valence-electron chi connectivity index (χ1n) is 2.40. The SMILES string of the molecule is C=C[C](C)C=CC. The monoisotopic (exact) mass is 95.1 g/mol. The Balaban J connectivity index is 3.35. The maximum Gasteiger partial charge on any atom is 0.0153 e. The standard InChI is InChI=1S/C7H11/c1-4-6-7(3)5-2/h4-6H,2H2,1,3H3. The Morgan fingerprint density at radius 1 is 1.57 bits per heavy atom. The molecule has 0 fully saturated rings. The maximum atomic E-state index is 3.59. The van der Waals surface area contributed by atoms with Crippen molar-refractivity contribution in [2.45, 2.75) is 13.8 Å². The van der Waals surface area contributed by atoms with Crippen molar-refractivity contribution in [2.24, 2.45) is 0 Å². The molecule has 0 aliphatic rings. The zero-order valence-corrected chi connectivity index (χ0v) is 4.94. The van der Waals surface area contributed by atoms with Crippen molar-refractivity contribution in [3.8, 4) is 0 Å². The Bertz CT molecular complexity index is 70.1. The first kappa shape index (κ1) is 6.48. The second-order valence-corrected chi connectivity index (χ2v) is 1.45. The van der Waals surface area contributed by atoms with Gasteiger partial charge in [-0.1, -0.05) is 25.2 Å². The summed E-state index contributed by atoms with van der Waals surface area (Å²) in [6, 6.07) is 0. The minimum atomic E-state index is 1.21. The summed E-state index contributed by atoms with van der Waals surface area (Å²) < 4.78 is 0. The fourth-order valence-electron chi connectivity index (χ4n) is 0.331. The molecule has 0 heteroatoms. The smallest absolute Gasteiger partial charge is 0.0153 e. The molecule has 39 valence electrons.